The van der Waals surface area contributed by atoms with Crippen molar-refractivity contribution in [3.63, 3.8) is 0 Å². The van der Waals surface area contributed by atoms with Crippen LogP contribution in [0.25, 0.3) is 16.5 Å². The van der Waals surface area contributed by atoms with Crippen molar-refractivity contribution in [3.8, 4) is 0 Å². The van der Waals surface area contributed by atoms with E-state index in [1.165, 1.54) is 22.2 Å². The van der Waals surface area contributed by atoms with Gasteiger partial charge < -0.3 is 0 Å². The predicted molar refractivity (Wildman–Crippen MR) is 92.6 cm³/mol. The maximum atomic E-state index is 4.78. The number of hydrogen-bond donors (Lipinski definition) is 0. The van der Waals surface area contributed by atoms with Gasteiger partial charge in [0.1, 0.15) is 0 Å². The second kappa shape index (κ2) is 6.54. The number of hydrogen-bond acceptors (Lipinski definition) is 1. The molecule has 1 aliphatic rings. The molecule has 2 aromatic carbocycles. The Balaban J connectivity index is 1.45. The van der Waals surface area contributed by atoms with Gasteiger partial charge in [0, 0.05) is 0 Å². The summed E-state index contributed by atoms with van der Waals surface area (Å²) in [5.41, 5.74) is 5.00. The topological polar surface area (TPSA) is 12.9 Å². The number of pyridine rings is 1. The fraction of sp³-hybridized carbons (Fsp3) is 0.0952. The molecule has 0 spiro atoms. The molecule has 2 heteroatoms. The average Bonchev–Trinajstić information content (AvgIpc) is 3.10. The van der Waals surface area contributed by atoms with Gasteiger partial charge in [-0.3, -0.25) is 0 Å². The first-order chi connectivity index (χ1) is 11.4. The van der Waals surface area contributed by atoms with Gasteiger partial charge in [0.15, 0.2) is 0 Å². The monoisotopic (exact) mass is 335 g/mol. The second-order valence-corrected chi connectivity index (χ2v) is 7.34. The van der Waals surface area contributed by atoms with Gasteiger partial charge in [-0.25, -0.2) is 0 Å². The molecule has 23 heavy (non-hydrogen) atoms. The SMILES string of the molecule is C1=[C]([Cr][CH2]c2ccc3ccccc3n2)CC=C1c1ccccc1. The fourth-order valence-corrected chi connectivity index (χ4v) is 4.20. The Bertz CT molecular complexity index is 894. The number of aromatic nitrogens is 1. The van der Waals surface area contributed by atoms with Gasteiger partial charge in [-0.15, -0.1) is 0 Å². The minimum absolute atomic E-state index is 0.475. The minimum atomic E-state index is 0.475. The van der Waals surface area contributed by atoms with Crippen LogP contribution in [0.15, 0.2) is 83.3 Å². The summed E-state index contributed by atoms with van der Waals surface area (Å²) in [6, 6.07) is 23.3. The Morgan fingerprint density at radius 3 is 2.61 bits per heavy atom. The summed E-state index contributed by atoms with van der Waals surface area (Å²) in [5, 5.41) is 2.29. The quantitative estimate of drug-likeness (QED) is 0.639. The molecule has 0 fully saturated rings. The number of benzene rings is 2. The van der Waals surface area contributed by atoms with Crippen LogP contribution in [0.2, 0.25) is 0 Å². The molecular weight excluding hydrogens is 318 g/mol. The van der Waals surface area contributed by atoms with Gasteiger partial charge in [-0.1, -0.05) is 0 Å². The third-order valence-electron chi connectivity index (χ3n) is 4.01. The molecule has 0 saturated heterocycles. The first-order valence-electron chi connectivity index (χ1n) is 7.82. The van der Waals surface area contributed by atoms with Gasteiger partial charge in [0.25, 0.3) is 0 Å². The molecule has 3 aromatic rings. The Kier molecular flexibility index (Phi) is 4.11. The van der Waals surface area contributed by atoms with E-state index in [9.17, 15) is 0 Å². The number of allylic oxidation sites excluding steroid dienone is 4. The van der Waals surface area contributed by atoms with Crippen molar-refractivity contribution in [2.75, 3.05) is 0 Å². The molecule has 0 atom stereocenters. The van der Waals surface area contributed by atoms with Crippen molar-refractivity contribution in [1.29, 1.82) is 0 Å². The molecule has 0 bridgehead atoms. The Morgan fingerprint density at radius 1 is 0.870 bits per heavy atom. The molecule has 0 N–H and O–H groups in total. The van der Waals surface area contributed by atoms with E-state index in [2.05, 4.69) is 78.9 Å². The summed E-state index contributed by atoms with van der Waals surface area (Å²) in [6.07, 6.45) is 5.81. The molecule has 0 unspecified atom stereocenters. The van der Waals surface area contributed by atoms with Crippen molar-refractivity contribution in [3.05, 3.63) is 94.6 Å². The first kappa shape index (κ1) is 14.5. The zero-order valence-corrected chi connectivity index (χ0v) is 14.1. The molecule has 1 nitrogen and oxygen atoms in total. The Hall–Kier alpha value is -2.14. The van der Waals surface area contributed by atoms with E-state index in [1.54, 1.807) is 4.44 Å². The number of fused-ring (bicyclic) bond motifs is 1. The van der Waals surface area contributed by atoms with E-state index in [-0.39, 0.29) is 0 Å². The van der Waals surface area contributed by atoms with Gasteiger partial charge in [0.05, 0.1) is 0 Å². The average molecular weight is 335 g/mol. The molecule has 0 amide bonds. The van der Waals surface area contributed by atoms with Crippen molar-refractivity contribution in [2.24, 2.45) is 0 Å². The summed E-state index contributed by atoms with van der Waals surface area (Å²) in [4.78, 5) is 4.78. The van der Waals surface area contributed by atoms with Crippen LogP contribution < -0.4 is 0 Å². The van der Waals surface area contributed by atoms with E-state index < -0.39 is 0 Å². The molecule has 1 aliphatic carbocycles. The number of para-hydroxylation sites is 1. The maximum absolute atomic E-state index is 4.78. The molecule has 0 radical (unpaired) electrons. The van der Waals surface area contributed by atoms with Crippen LogP contribution in [0.1, 0.15) is 17.7 Å². The van der Waals surface area contributed by atoms with Crippen LogP contribution >= 0.6 is 0 Å². The van der Waals surface area contributed by atoms with E-state index in [4.69, 9.17) is 4.98 Å². The predicted octanol–water partition coefficient (Wildman–Crippen LogP) is 5.19. The molecule has 1 heterocycles. The zero-order valence-electron chi connectivity index (χ0n) is 12.8. The van der Waals surface area contributed by atoms with Crippen LogP contribution in [0.5, 0.6) is 0 Å². The molecule has 0 saturated carbocycles. The van der Waals surface area contributed by atoms with Crippen LogP contribution in [0, 0.1) is 0 Å². The normalized spacial score (nSPS) is 13.9. The van der Waals surface area contributed by atoms with Gasteiger partial charge in [-0.2, -0.15) is 0 Å². The summed E-state index contributed by atoms with van der Waals surface area (Å²) >= 11 is 0.475. The Morgan fingerprint density at radius 2 is 1.70 bits per heavy atom. The number of nitrogens with zero attached hydrogens (tertiary/aromatic N) is 1. The van der Waals surface area contributed by atoms with Gasteiger partial charge in [-0.05, 0) is 0 Å². The van der Waals surface area contributed by atoms with Crippen molar-refractivity contribution in [2.45, 2.75) is 11.7 Å². The molecule has 112 valence electrons. The van der Waals surface area contributed by atoms with E-state index in [0.717, 1.165) is 17.2 Å². The van der Waals surface area contributed by atoms with Crippen LogP contribution in [-0.2, 0) is 20.5 Å². The summed E-state index contributed by atoms with van der Waals surface area (Å²) in [7, 11) is 0. The number of rotatable bonds is 4. The molecule has 4 rings (SSSR count). The summed E-state index contributed by atoms with van der Waals surface area (Å²) in [6.45, 7) is 0. The molecular formula is C21H17CrN. The first-order valence-corrected chi connectivity index (χ1v) is 9.36. The third kappa shape index (κ3) is 3.29. The van der Waals surface area contributed by atoms with Crippen molar-refractivity contribution < 1.29 is 15.2 Å². The van der Waals surface area contributed by atoms with Gasteiger partial charge >= 0.3 is 143 Å². The van der Waals surface area contributed by atoms with E-state index >= 15 is 0 Å². The van der Waals surface area contributed by atoms with Gasteiger partial charge in [0.2, 0.25) is 0 Å². The van der Waals surface area contributed by atoms with Crippen molar-refractivity contribution >= 4 is 16.5 Å². The molecule has 0 aliphatic heterocycles. The zero-order chi connectivity index (χ0) is 15.5. The Labute approximate surface area is 143 Å². The van der Waals surface area contributed by atoms with Crippen LogP contribution in [0.4, 0.5) is 0 Å². The standard InChI is InChI=1S/C11H9.C10H8N.Cr/c1-2-6-10(7-3-1)11-8-4-5-9-11;1-8-6-7-9-4-2-3-5-10(9)11-8;/h1-3,6-9H,4H2;2-7H,1H2;. The third-order valence-corrected chi connectivity index (χ3v) is 5.72. The van der Waals surface area contributed by atoms with Crippen LogP contribution in [0.3, 0.4) is 0 Å². The second-order valence-electron chi connectivity index (χ2n) is 5.62. The summed E-state index contributed by atoms with van der Waals surface area (Å²) < 4.78 is 1.56. The van der Waals surface area contributed by atoms with Crippen molar-refractivity contribution in [1.82, 2.24) is 4.98 Å². The van der Waals surface area contributed by atoms with Crippen LogP contribution in [-0.4, -0.2) is 4.98 Å². The van der Waals surface area contributed by atoms with E-state index in [0.29, 0.717) is 15.2 Å². The summed E-state index contributed by atoms with van der Waals surface area (Å²) in [5.74, 6) is 0. The molecule has 1 aromatic heterocycles. The van der Waals surface area contributed by atoms with E-state index in [1.807, 2.05) is 0 Å². The fourth-order valence-electron chi connectivity index (χ4n) is 2.79.